The van der Waals surface area contributed by atoms with Gasteiger partial charge in [-0.25, -0.2) is 4.79 Å². The molecule has 1 unspecified atom stereocenters. The number of ether oxygens (including phenoxy) is 1. The molecule has 1 atom stereocenters. The molecular weight excluding hydrogens is 230 g/mol. The van der Waals surface area contributed by atoms with Crippen molar-refractivity contribution in [3.05, 3.63) is 0 Å². The van der Waals surface area contributed by atoms with Gasteiger partial charge in [0.25, 0.3) is 0 Å². The van der Waals surface area contributed by atoms with Gasteiger partial charge in [0.1, 0.15) is 0 Å². The maximum absolute atomic E-state index is 12.5. The summed E-state index contributed by atoms with van der Waals surface area (Å²) >= 11 is 0. The number of Topliss-reactive ketones (excluding diaryl/α,β-unsaturated/α-hetero) is 1. The Morgan fingerprint density at radius 1 is 1.11 bits per heavy atom. The fourth-order valence-corrected chi connectivity index (χ4v) is 2.04. The minimum Gasteiger partial charge on any atom is -0.435 e. The van der Waals surface area contributed by atoms with E-state index in [1.807, 2.05) is 34.6 Å². The number of rotatable bonds is 4. The van der Waals surface area contributed by atoms with Gasteiger partial charge in [-0.1, -0.05) is 34.6 Å². The molecule has 0 aromatic heterocycles. The lowest BCUT2D eigenvalue weighted by Crippen LogP contribution is -2.48. The van der Waals surface area contributed by atoms with Crippen LogP contribution in [0.3, 0.4) is 0 Å². The summed E-state index contributed by atoms with van der Waals surface area (Å²) < 4.78 is 5.44. The molecule has 0 aromatic rings. The molecular formula is C14H27NO3. The Balaban J connectivity index is 5.19. The third-order valence-corrected chi connectivity index (χ3v) is 2.64. The van der Waals surface area contributed by atoms with Crippen LogP contribution in [0.25, 0.3) is 0 Å². The van der Waals surface area contributed by atoms with Gasteiger partial charge in [0.15, 0.2) is 11.4 Å². The van der Waals surface area contributed by atoms with Crippen molar-refractivity contribution in [1.82, 2.24) is 4.90 Å². The molecule has 0 fully saturated rings. The molecule has 0 aromatic carbocycles. The van der Waals surface area contributed by atoms with E-state index in [4.69, 9.17) is 4.74 Å². The summed E-state index contributed by atoms with van der Waals surface area (Å²) in [5.41, 5.74) is -1.59. The van der Waals surface area contributed by atoms with E-state index < -0.39 is 17.1 Å². The minimum atomic E-state index is -1.06. The number of hydrogen-bond donors (Lipinski definition) is 0. The van der Waals surface area contributed by atoms with E-state index in [1.165, 1.54) is 4.90 Å². The fourth-order valence-electron chi connectivity index (χ4n) is 2.04. The van der Waals surface area contributed by atoms with Crippen molar-refractivity contribution >= 4 is 11.9 Å². The predicted molar refractivity (Wildman–Crippen MR) is 72.5 cm³/mol. The summed E-state index contributed by atoms with van der Waals surface area (Å²) in [5.74, 6) is 0.232. The molecule has 0 aliphatic heterocycles. The summed E-state index contributed by atoms with van der Waals surface area (Å²) in [6.45, 7) is 11.3. The van der Waals surface area contributed by atoms with Crippen LogP contribution in [0.1, 0.15) is 48.0 Å². The lowest BCUT2D eigenvalue weighted by atomic mass is 9.77. The van der Waals surface area contributed by atoms with E-state index in [2.05, 4.69) is 0 Å². The second-order valence-corrected chi connectivity index (χ2v) is 6.67. The highest BCUT2D eigenvalue weighted by molar-refractivity contribution is 5.93. The van der Waals surface area contributed by atoms with Gasteiger partial charge in [-0.2, -0.15) is 0 Å². The average molecular weight is 257 g/mol. The first kappa shape index (κ1) is 16.9. The van der Waals surface area contributed by atoms with Gasteiger partial charge in [-0.3, -0.25) is 4.79 Å². The van der Waals surface area contributed by atoms with Crippen LogP contribution >= 0.6 is 0 Å². The molecule has 106 valence electrons. The quantitative estimate of drug-likeness (QED) is 0.777. The molecule has 0 saturated heterocycles. The van der Waals surface area contributed by atoms with E-state index in [0.29, 0.717) is 6.42 Å². The molecule has 0 radical (unpaired) electrons. The Hall–Kier alpha value is -1.06. The van der Waals surface area contributed by atoms with Crippen LogP contribution in [-0.4, -0.2) is 36.5 Å². The molecule has 0 spiro atoms. The van der Waals surface area contributed by atoms with Crippen LogP contribution < -0.4 is 0 Å². The highest BCUT2D eigenvalue weighted by atomic mass is 16.6. The van der Waals surface area contributed by atoms with Crippen molar-refractivity contribution in [2.45, 2.75) is 53.6 Å². The second-order valence-electron chi connectivity index (χ2n) is 6.67. The third kappa shape index (κ3) is 4.67. The van der Waals surface area contributed by atoms with Gasteiger partial charge < -0.3 is 9.64 Å². The number of ketones is 1. The molecule has 18 heavy (non-hydrogen) atoms. The highest BCUT2D eigenvalue weighted by Gasteiger charge is 2.43. The molecule has 0 heterocycles. The lowest BCUT2D eigenvalue weighted by Gasteiger charge is -2.35. The number of carbonyl (C=O) groups is 2. The van der Waals surface area contributed by atoms with Crippen molar-refractivity contribution in [2.75, 3.05) is 14.1 Å². The summed E-state index contributed by atoms with van der Waals surface area (Å²) in [7, 11) is 3.22. The average Bonchev–Trinajstić information content (AvgIpc) is 2.13. The largest absolute Gasteiger partial charge is 0.435 e. The highest BCUT2D eigenvalue weighted by Crippen LogP contribution is 2.31. The summed E-state index contributed by atoms with van der Waals surface area (Å²) in [5, 5.41) is 0. The Bertz CT molecular complexity index is 315. The molecule has 4 heteroatoms. The van der Waals surface area contributed by atoms with E-state index in [0.717, 1.165) is 0 Å². The molecule has 0 N–H and O–H groups in total. The van der Waals surface area contributed by atoms with E-state index >= 15 is 0 Å². The van der Waals surface area contributed by atoms with E-state index in [9.17, 15) is 9.59 Å². The Kier molecular flexibility index (Phi) is 5.38. The second kappa shape index (κ2) is 5.72. The zero-order chi connectivity index (χ0) is 14.7. The van der Waals surface area contributed by atoms with Gasteiger partial charge >= 0.3 is 6.09 Å². The number of carbonyl (C=O) groups excluding carboxylic acids is 2. The fraction of sp³-hybridized carbons (Fsp3) is 0.857. The van der Waals surface area contributed by atoms with Crippen LogP contribution in [0.2, 0.25) is 0 Å². The van der Waals surface area contributed by atoms with Gasteiger partial charge in [0, 0.05) is 19.5 Å². The predicted octanol–water partition coefficient (Wildman–Crippen LogP) is 3.10. The Morgan fingerprint density at radius 2 is 1.56 bits per heavy atom. The van der Waals surface area contributed by atoms with Gasteiger partial charge in [0.05, 0.1) is 0 Å². The van der Waals surface area contributed by atoms with Crippen LogP contribution in [-0.2, 0) is 9.53 Å². The Labute approximate surface area is 111 Å². The van der Waals surface area contributed by atoms with Crippen molar-refractivity contribution in [2.24, 2.45) is 11.3 Å². The summed E-state index contributed by atoms with van der Waals surface area (Å²) in [6.07, 6.45) is 0.0543. The van der Waals surface area contributed by atoms with Crippen LogP contribution in [0.5, 0.6) is 0 Å². The SMILES string of the molecule is CC(C)CC(C)(OC(=O)N(C)C)C(=O)C(C)(C)C. The Morgan fingerprint density at radius 3 is 1.83 bits per heavy atom. The zero-order valence-electron chi connectivity index (χ0n) is 13.0. The first-order valence-electron chi connectivity index (χ1n) is 6.35. The maximum atomic E-state index is 12.5. The standard InChI is InChI=1S/C14H27NO3/c1-10(2)9-14(6,11(16)13(3,4)5)18-12(17)15(7)8/h10H,9H2,1-8H3. The molecule has 4 nitrogen and oxygen atoms in total. The molecule has 0 aliphatic rings. The van der Waals surface area contributed by atoms with E-state index in [1.54, 1.807) is 21.0 Å². The van der Waals surface area contributed by atoms with E-state index in [-0.39, 0.29) is 11.7 Å². The molecule has 1 amide bonds. The van der Waals surface area contributed by atoms with Gasteiger partial charge in [0.2, 0.25) is 0 Å². The minimum absolute atomic E-state index is 0.0427. The molecule has 0 rings (SSSR count). The maximum Gasteiger partial charge on any atom is 0.410 e. The topological polar surface area (TPSA) is 46.6 Å². The number of amides is 1. The van der Waals surface area contributed by atoms with Crippen molar-refractivity contribution in [3.63, 3.8) is 0 Å². The monoisotopic (exact) mass is 257 g/mol. The lowest BCUT2D eigenvalue weighted by molar-refractivity contribution is -0.146. The van der Waals surface area contributed by atoms with Crippen LogP contribution in [0.4, 0.5) is 4.79 Å². The normalized spacial score (nSPS) is 15.2. The number of nitrogens with zero attached hydrogens (tertiary/aromatic N) is 1. The van der Waals surface area contributed by atoms with Gasteiger partial charge in [-0.05, 0) is 19.3 Å². The molecule has 0 bridgehead atoms. The summed E-state index contributed by atoms with van der Waals surface area (Å²) in [4.78, 5) is 25.5. The van der Waals surface area contributed by atoms with Crippen LogP contribution in [0.15, 0.2) is 0 Å². The van der Waals surface area contributed by atoms with Gasteiger partial charge in [-0.15, -0.1) is 0 Å². The zero-order valence-corrected chi connectivity index (χ0v) is 13.0. The smallest absolute Gasteiger partial charge is 0.410 e. The molecule has 0 saturated carbocycles. The van der Waals surface area contributed by atoms with Crippen LogP contribution in [0, 0.1) is 11.3 Å². The van der Waals surface area contributed by atoms with Crippen molar-refractivity contribution in [3.8, 4) is 0 Å². The van der Waals surface area contributed by atoms with Crippen molar-refractivity contribution < 1.29 is 14.3 Å². The summed E-state index contributed by atoms with van der Waals surface area (Å²) in [6, 6.07) is 0. The van der Waals surface area contributed by atoms with Crippen molar-refractivity contribution in [1.29, 1.82) is 0 Å². The first-order valence-corrected chi connectivity index (χ1v) is 6.35. The third-order valence-electron chi connectivity index (χ3n) is 2.64. The number of hydrogen-bond acceptors (Lipinski definition) is 3. The molecule has 0 aliphatic carbocycles. The first-order chi connectivity index (χ1) is 7.90.